The van der Waals surface area contributed by atoms with Gasteiger partial charge in [-0.15, -0.1) is 0 Å². The van der Waals surface area contributed by atoms with Crippen LogP contribution in [-0.4, -0.2) is 20.9 Å². The maximum Gasteiger partial charge on any atom is 0.0994 e. The van der Waals surface area contributed by atoms with Crippen LogP contribution in [0.15, 0.2) is 53.8 Å². The Morgan fingerprint density at radius 2 is 2.09 bits per heavy atom. The molecule has 0 fully saturated rings. The van der Waals surface area contributed by atoms with E-state index in [1.54, 1.807) is 0 Å². The highest BCUT2D eigenvalue weighted by Gasteiger charge is 2.29. The summed E-state index contributed by atoms with van der Waals surface area (Å²) in [6, 6.07) is 14.3. The van der Waals surface area contributed by atoms with Crippen molar-refractivity contribution in [2.45, 2.75) is 25.8 Å². The van der Waals surface area contributed by atoms with E-state index in [4.69, 9.17) is 4.99 Å². The second-order valence-electron chi connectivity index (χ2n) is 6.51. The molecule has 1 aliphatic rings. The molecule has 0 saturated carbocycles. The van der Waals surface area contributed by atoms with E-state index in [9.17, 15) is 5.26 Å². The van der Waals surface area contributed by atoms with Crippen molar-refractivity contribution in [3.8, 4) is 6.07 Å². The minimum absolute atomic E-state index is 0.233. The van der Waals surface area contributed by atoms with Gasteiger partial charge in [0.1, 0.15) is 0 Å². The quantitative estimate of drug-likeness (QED) is 0.692. The summed E-state index contributed by atoms with van der Waals surface area (Å²) < 4.78 is 1.84. The summed E-state index contributed by atoms with van der Waals surface area (Å²) >= 11 is 0. The van der Waals surface area contributed by atoms with E-state index >= 15 is 0 Å². The van der Waals surface area contributed by atoms with E-state index < -0.39 is 0 Å². The average Bonchev–Trinajstić information content (AvgIpc) is 3.00. The molecule has 0 radical (unpaired) electrons. The predicted molar refractivity (Wildman–Crippen MR) is 89.8 cm³/mol. The first-order valence-corrected chi connectivity index (χ1v) is 7.63. The summed E-state index contributed by atoms with van der Waals surface area (Å²) in [6.07, 6.45) is 4.54. The monoisotopic (exact) mass is 300 g/mol. The summed E-state index contributed by atoms with van der Waals surface area (Å²) in [4.78, 5) is 4.95. The molecular formula is C19H16N4. The van der Waals surface area contributed by atoms with Crippen molar-refractivity contribution in [1.29, 1.82) is 5.26 Å². The molecule has 0 spiro atoms. The van der Waals surface area contributed by atoms with Crippen LogP contribution in [0.4, 0.5) is 0 Å². The molecule has 0 saturated heterocycles. The molecule has 2 aromatic heterocycles. The van der Waals surface area contributed by atoms with Crippen LogP contribution < -0.4 is 0 Å². The van der Waals surface area contributed by atoms with Gasteiger partial charge in [-0.05, 0) is 50.1 Å². The van der Waals surface area contributed by atoms with Crippen molar-refractivity contribution in [1.82, 2.24) is 9.61 Å². The summed E-state index contributed by atoms with van der Waals surface area (Å²) in [7, 11) is 0. The molecule has 3 aromatic rings. The smallest absolute Gasteiger partial charge is 0.0994 e. The highest BCUT2D eigenvalue weighted by molar-refractivity contribution is 6.15. The summed E-state index contributed by atoms with van der Waals surface area (Å²) in [5, 5.41) is 13.9. The molecule has 0 N–H and O–H groups in total. The Morgan fingerprint density at radius 3 is 2.91 bits per heavy atom. The lowest BCUT2D eigenvalue weighted by atomic mass is 9.83. The lowest BCUT2D eigenvalue weighted by molar-refractivity contribution is 0.513. The number of hydrogen-bond acceptors (Lipinski definition) is 3. The third-order valence-electron chi connectivity index (χ3n) is 4.23. The van der Waals surface area contributed by atoms with Crippen LogP contribution in [0.5, 0.6) is 0 Å². The van der Waals surface area contributed by atoms with Gasteiger partial charge in [-0.1, -0.05) is 12.1 Å². The molecule has 0 unspecified atom stereocenters. The zero-order valence-electron chi connectivity index (χ0n) is 13.1. The van der Waals surface area contributed by atoms with Gasteiger partial charge in [0.2, 0.25) is 0 Å². The van der Waals surface area contributed by atoms with Crippen LogP contribution in [0.2, 0.25) is 0 Å². The maximum atomic E-state index is 9.43. The van der Waals surface area contributed by atoms with Gasteiger partial charge in [0.15, 0.2) is 0 Å². The number of hydrogen-bond donors (Lipinski definition) is 0. The molecule has 3 heterocycles. The fraction of sp³-hybridized carbons (Fsp3) is 0.211. The fourth-order valence-electron chi connectivity index (χ4n) is 3.21. The van der Waals surface area contributed by atoms with Crippen molar-refractivity contribution in [2.24, 2.45) is 4.99 Å². The summed E-state index contributed by atoms with van der Waals surface area (Å²) in [5.74, 6) is 0. The SMILES string of the molecule is CC1(C)Cc2c(C#N)cccc2C(c2cnn3cccc3c2)=N1. The zero-order chi connectivity index (χ0) is 16.0. The number of aliphatic imine (C=N–C) groups is 1. The molecule has 1 aromatic carbocycles. The van der Waals surface area contributed by atoms with E-state index in [-0.39, 0.29) is 5.54 Å². The standard InChI is InChI=1S/C19H16N4/c1-19(2)10-17-13(11-20)5-3-7-16(17)18(22-19)14-9-15-6-4-8-23(15)21-12-14/h3-9,12H,10H2,1-2H3. The van der Waals surface area contributed by atoms with Crippen LogP contribution in [0, 0.1) is 11.3 Å². The first-order valence-electron chi connectivity index (χ1n) is 7.63. The van der Waals surface area contributed by atoms with E-state index in [0.29, 0.717) is 0 Å². The molecule has 0 amide bonds. The van der Waals surface area contributed by atoms with E-state index in [0.717, 1.165) is 39.9 Å². The molecule has 0 bridgehead atoms. The van der Waals surface area contributed by atoms with Gasteiger partial charge >= 0.3 is 0 Å². The Balaban J connectivity index is 1.97. The average molecular weight is 300 g/mol. The Hall–Kier alpha value is -2.93. The number of nitrogens with zero attached hydrogens (tertiary/aromatic N) is 4. The Kier molecular flexibility index (Phi) is 2.85. The van der Waals surface area contributed by atoms with Crippen molar-refractivity contribution in [3.05, 3.63) is 71.0 Å². The topological polar surface area (TPSA) is 53.5 Å². The summed E-state index contributed by atoms with van der Waals surface area (Å²) in [6.45, 7) is 4.21. The van der Waals surface area contributed by atoms with Crippen LogP contribution in [0.3, 0.4) is 0 Å². The molecule has 1 aliphatic heterocycles. The number of aromatic nitrogens is 2. The number of nitriles is 1. The van der Waals surface area contributed by atoms with Crippen LogP contribution in [0.1, 0.15) is 36.1 Å². The largest absolute Gasteiger partial charge is 0.278 e. The molecule has 0 atom stereocenters. The van der Waals surface area contributed by atoms with E-state index in [1.807, 2.05) is 47.2 Å². The van der Waals surface area contributed by atoms with Crippen LogP contribution in [0.25, 0.3) is 5.52 Å². The normalized spacial score (nSPS) is 15.8. The Labute approximate surface area is 134 Å². The number of benzene rings is 1. The van der Waals surface area contributed by atoms with E-state index in [1.165, 1.54) is 0 Å². The van der Waals surface area contributed by atoms with Crippen molar-refractivity contribution in [2.75, 3.05) is 0 Å². The first-order chi connectivity index (χ1) is 11.1. The molecule has 23 heavy (non-hydrogen) atoms. The highest BCUT2D eigenvalue weighted by atomic mass is 15.2. The lowest BCUT2D eigenvalue weighted by Gasteiger charge is -2.29. The fourth-order valence-corrected chi connectivity index (χ4v) is 3.21. The second kappa shape index (κ2) is 4.79. The van der Waals surface area contributed by atoms with Crippen LogP contribution in [-0.2, 0) is 6.42 Å². The van der Waals surface area contributed by atoms with E-state index in [2.05, 4.69) is 31.1 Å². The van der Waals surface area contributed by atoms with Gasteiger partial charge in [-0.3, -0.25) is 4.99 Å². The minimum atomic E-state index is -0.233. The van der Waals surface area contributed by atoms with Gasteiger partial charge in [-0.2, -0.15) is 10.4 Å². The van der Waals surface area contributed by atoms with Crippen molar-refractivity contribution >= 4 is 11.2 Å². The van der Waals surface area contributed by atoms with Gasteiger partial charge in [-0.25, -0.2) is 4.52 Å². The molecule has 4 nitrogen and oxygen atoms in total. The lowest BCUT2D eigenvalue weighted by Crippen LogP contribution is -2.30. The van der Waals surface area contributed by atoms with Crippen molar-refractivity contribution in [3.63, 3.8) is 0 Å². The number of fused-ring (bicyclic) bond motifs is 2. The first kappa shape index (κ1) is 13.7. The van der Waals surface area contributed by atoms with Gasteiger partial charge in [0.25, 0.3) is 0 Å². The molecule has 4 rings (SSSR count). The van der Waals surface area contributed by atoms with Gasteiger partial charge in [0, 0.05) is 17.3 Å². The van der Waals surface area contributed by atoms with Crippen molar-refractivity contribution < 1.29 is 0 Å². The molecule has 112 valence electrons. The number of rotatable bonds is 1. The molecule has 0 aliphatic carbocycles. The predicted octanol–water partition coefficient (Wildman–Crippen LogP) is 3.38. The Morgan fingerprint density at radius 1 is 1.22 bits per heavy atom. The second-order valence-corrected chi connectivity index (χ2v) is 6.51. The third-order valence-corrected chi connectivity index (χ3v) is 4.23. The van der Waals surface area contributed by atoms with Crippen LogP contribution >= 0.6 is 0 Å². The minimum Gasteiger partial charge on any atom is -0.278 e. The van der Waals surface area contributed by atoms with Gasteiger partial charge < -0.3 is 0 Å². The molecular weight excluding hydrogens is 284 g/mol. The third kappa shape index (κ3) is 2.22. The zero-order valence-corrected chi connectivity index (χ0v) is 13.1. The summed E-state index contributed by atoms with van der Waals surface area (Å²) in [5.41, 5.74) is 5.57. The van der Waals surface area contributed by atoms with Gasteiger partial charge in [0.05, 0.1) is 34.6 Å². The highest BCUT2D eigenvalue weighted by Crippen LogP contribution is 2.31. The Bertz CT molecular complexity index is 986. The maximum absolute atomic E-state index is 9.43. The molecule has 4 heteroatoms.